The van der Waals surface area contributed by atoms with Gasteiger partial charge in [-0.1, -0.05) is 61.2 Å². The van der Waals surface area contributed by atoms with Crippen molar-refractivity contribution in [2.24, 2.45) is 5.92 Å². The van der Waals surface area contributed by atoms with E-state index in [2.05, 4.69) is 23.8 Å². The first-order valence-electron chi connectivity index (χ1n) is 20.6. The average Bonchev–Trinajstić information content (AvgIpc) is 3.83. The number of alkyl carbamates (subject to hydrolysis) is 1. The molecule has 2 fully saturated rings. The third kappa shape index (κ3) is 10.9. The van der Waals surface area contributed by atoms with E-state index in [1.807, 2.05) is 35.1 Å². The fourth-order valence-electron chi connectivity index (χ4n) is 7.46. The summed E-state index contributed by atoms with van der Waals surface area (Å²) in [6.07, 6.45) is -6.25. The molecule has 66 heavy (non-hydrogen) atoms. The van der Waals surface area contributed by atoms with Crippen molar-refractivity contribution in [3.05, 3.63) is 110 Å². The van der Waals surface area contributed by atoms with Crippen molar-refractivity contribution < 1.29 is 59.8 Å². The lowest BCUT2D eigenvalue weighted by Crippen LogP contribution is -2.60. The van der Waals surface area contributed by atoms with Crippen LogP contribution in [0.5, 0.6) is 11.5 Å². The van der Waals surface area contributed by atoms with Crippen molar-refractivity contribution >= 4 is 50.6 Å². The number of hydrogen-bond donors (Lipinski definition) is 3. The molecule has 1 aromatic heterocycles. The number of rotatable bonds is 15. The van der Waals surface area contributed by atoms with E-state index in [0.29, 0.717) is 27.2 Å². The average molecular weight is 935 g/mol. The normalized spacial score (nSPS) is 19.8. The molecule has 20 heteroatoms. The molecular formula is C46H49F3N6O10S. The van der Waals surface area contributed by atoms with Gasteiger partial charge in [0.1, 0.15) is 46.4 Å². The number of alkyl halides is 3. The second kappa shape index (κ2) is 18.9. The number of likely N-dealkylation sites (tertiary alicyclic amines) is 1. The molecule has 0 unspecified atom stereocenters. The minimum atomic E-state index is -5.12. The summed E-state index contributed by atoms with van der Waals surface area (Å²) >= 11 is 0. The van der Waals surface area contributed by atoms with Gasteiger partial charge in [-0.3, -0.25) is 19.2 Å². The van der Waals surface area contributed by atoms with Crippen molar-refractivity contribution in [2.45, 2.75) is 74.0 Å². The number of amides is 5. The Morgan fingerprint density at radius 3 is 2.24 bits per heavy atom. The van der Waals surface area contributed by atoms with E-state index in [-0.39, 0.29) is 30.0 Å². The Labute approximate surface area is 379 Å². The van der Waals surface area contributed by atoms with Crippen LogP contribution in [0, 0.1) is 5.92 Å². The molecule has 0 bridgehead atoms. The lowest BCUT2D eigenvalue weighted by atomic mass is 10.1. The fraction of sp³-hybridized carbons (Fsp3) is 0.348. The van der Waals surface area contributed by atoms with Crippen LogP contribution in [0.25, 0.3) is 22.2 Å². The van der Waals surface area contributed by atoms with Gasteiger partial charge in [-0.25, -0.2) is 22.9 Å². The van der Waals surface area contributed by atoms with Crippen molar-refractivity contribution in [2.75, 3.05) is 27.2 Å². The van der Waals surface area contributed by atoms with Gasteiger partial charge < -0.3 is 34.6 Å². The highest BCUT2D eigenvalue weighted by Gasteiger charge is 2.61. The van der Waals surface area contributed by atoms with Crippen LogP contribution in [0.1, 0.15) is 33.6 Å². The SMILES string of the molecule is C=C[C@@H]1C[C@]1(NC(=O)[C@@H]1C[C@@H](Oc2cc(-c3ccccc3)nc3cc(OC)ccc23)CN1C(=O)[C@@H](CN(C)C(=O)C(=C)C(F)(F)F)NC(=O)OC(C)(C)C)C(=O)NS(=O)(=O)c1ccccc1. The van der Waals surface area contributed by atoms with Gasteiger partial charge in [-0.15, -0.1) is 6.58 Å². The molecule has 4 aromatic rings. The Kier molecular flexibility index (Phi) is 13.9. The van der Waals surface area contributed by atoms with Gasteiger partial charge >= 0.3 is 12.3 Å². The smallest absolute Gasteiger partial charge is 0.421 e. The molecule has 6 rings (SSSR count). The number of halogens is 3. The van der Waals surface area contributed by atoms with E-state index >= 15 is 0 Å². The zero-order valence-electron chi connectivity index (χ0n) is 36.7. The monoisotopic (exact) mass is 934 g/mol. The number of fused-ring (bicyclic) bond motifs is 1. The van der Waals surface area contributed by atoms with E-state index < -0.39 is 93.3 Å². The van der Waals surface area contributed by atoms with Crippen LogP contribution < -0.4 is 24.8 Å². The number of aromatic nitrogens is 1. The number of ether oxygens (including phenoxy) is 3. The molecule has 350 valence electrons. The van der Waals surface area contributed by atoms with E-state index in [0.717, 1.165) is 17.5 Å². The lowest BCUT2D eigenvalue weighted by molar-refractivity contribution is -0.143. The van der Waals surface area contributed by atoms with Gasteiger partial charge in [0.15, 0.2) is 0 Å². The van der Waals surface area contributed by atoms with Crippen LogP contribution in [0.15, 0.2) is 115 Å². The van der Waals surface area contributed by atoms with Crippen molar-refractivity contribution in [1.29, 1.82) is 0 Å². The molecule has 2 aliphatic rings. The van der Waals surface area contributed by atoms with Crippen LogP contribution in [-0.4, -0.2) is 116 Å². The molecule has 1 saturated heterocycles. The summed E-state index contributed by atoms with van der Waals surface area (Å²) < 4.78 is 86.7. The van der Waals surface area contributed by atoms with Crippen LogP contribution in [-0.2, 0) is 33.9 Å². The van der Waals surface area contributed by atoms with Crippen LogP contribution in [0.4, 0.5) is 18.0 Å². The zero-order chi connectivity index (χ0) is 48.4. The zero-order valence-corrected chi connectivity index (χ0v) is 37.5. The van der Waals surface area contributed by atoms with E-state index in [9.17, 15) is 45.6 Å². The third-order valence-electron chi connectivity index (χ3n) is 10.9. The summed E-state index contributed by atoms with van der Waals surface area (Å²) in [5.74, 6) is -4.61. The van der Waals surface area contributed by atoms with Crippen molar-refractivity contribution in [1.82, 2.24) is 30.1 Å². The van der Waals surface area contributed by atoms with E-state index in [1.165, 1.54) is 58.2 Å². The molecule has 2 heterocycles. The second-order valence-electron chi connectivity index (χ2n) is 16.9. The molecule has 1 aliphatic carbocycles. The number of nitrogens with zero attached hydrogens (tertiary/aromatic N) is 3. The summed E-state index contributed by atoms with van der Waals surface area (Å²) in [4.78, 5) is 75.6. The molecule has 3 aromatic carbocycles. The standard InChI is InChI=1S/C46H49F3N6O10S/c1-8-29-24-45(29,42(59)53-66(61,62)32-17-13-10-14-18-32)52-39(56)37-22-31(64-38-23-34(28-15-11-9-12-16-28)50-35-21-30(63-7)19-20-33(35)38)25-55(37)41(58)36(51-43(60)65-44(3,4)5)26-54(6)40(57)27(2)46(47,48)49/h8-21,23,29,31,36-37H,1-2,22,24-26H2,3-7H3,(H,51,60)(H,52,56)(H,53,59)/t29-,31-,36-,37+,45-/m1/s1. The summed E-state index contributed by atoms with van der Waals surface area (Å²) in [6, 6.07) is 19.7. The van der Waals surface area contributed by atoms with Gasteiger partial charge in [-0.05, 0) is 51.5 Å². The topological polar surface area (TPSA) is 203 Å². The highest BCUT2D eigenvalue weighted by atomic mass is 32.2. The van der Waals surface area contributed by atoms with Crippen LogP contribution in [0.2, 0.25) is 0 Å². The largest absolute Gasteiger partial charge is 0.497 e. The van der Waals surface area contributed by atoms with Crippen molar-refractivity contribution in [3.8, 4) is 22.8 Å². The molecule has 1 saturated carbocycles. The van der Waals surface area contributed by atoms with E-state index in [1.54, 1.807) is 30.3 Å². The predicted molar refractivity (Wildman–Crippen MR) is 235 cm³/mol. The number of nitrogens with one attached hydrogen (secondary N) is 3. The number of likely N-dealkylation sites (N-methyl/N-ethyl adjacent to an activating group) is 1. The van der Waals surface area contributed by atoms with E-state index in [4.69, 9.17) is 19.2 Å². The highest BCUT2D eigenvalue weighted by molar-refractivity contribution is 7.90. The Bertz CT molecular complexity index is 2660. The van der Waals surface area contributed by atoms with Gasteiger partial charge in [0.05, 0.1) is 36.3 Å². The molecule has 1 aliphatic heterocycles. The third-order valence-corrected chi connectivity index (χ3v) is 12.3. The summed E-state index contributed by atoms with van der Waals surface area (Å²) in [5.41, 5.74) is -2.97. The molecule has 5 atom stereocenters. The summed E-state index contributed by atoms with van der Waals surface area (Å²) in [6.45, 7) is 9.96. The van der Waals surface area contributed by atoms with Gasteiger partial charge in [0.2, 0.25) is 11.8 Å². The first kappa shape index (κ1) is 48.5. The maximum atomic E-state index is 14.8. The first-order chi connectivity index (χ1) is 31.0. The number of pyridine rings is 1. The Morgan fingerprint density at radius 2 is 1.65 bits per heavy atom. The number of hydrogen-bond acceptors (Lipinski definition) is 11. The quantitative estimate of drug-likeness (QED) is 0.103. The lowest BCUT2D eigenvalue weighted by Gasteiger charge is -2.32. The number of carbonyl (C=O) groups excluding carboxylic acids is 5. The Morgan fingerprint density at radius 1 is 1.00 bits per heavy atom. The van der Waals surface area contributed by atoms with Gasteiger partial charge in [-0.2, -0.15) is 13.2 Å². The van der Waals surface area contributed by atoms with Gasteiger partial charge in [0.25, 0.3) is 21.8 Å². The molecular weight excluding hydrogens is 886 g/mol. The Balaban J connectivity index is 1.38. The fourth-order valence-corrected chi connectivity index (χ4v) is 8.52. The number of benzene rings is 3. The number of carbonyl (C=O) groups is 5. The molecule has 3 N–H and O–H groups in total. The van der Waals surface area contributed by atoms with Crippen molar-refractivity contribution in [3.63, 3.8) is 0 Å². The summed E-state index contributed by atoms with van der Waals surface area (Å²) in [7, 11) is -1.95. The maximum absolute atomic E-state index is 14.8. The molecule has 5 amide bonds. The molecule has 0 spiro atoms. The second-order valence-corrected chi connectivity index (χ2v) is 18.5. The maximum Gasteiger partial charge on any atom is 0.421 e. The minimum absolute atomic E-state index is 0.0630. The number of methoxy groups -OCH3 is 1. The van der Waals surface area contributed by atoms with Gasteiger partial charge in [0, 0.05) is 42.5 Å². The number of sulfonamides is 1. The predicted octanol–water partition coefficient (Wildman–Crippen LogP) is 5.29. The molecule has 0 radical (unpaired) electrons. The van der Waals surface area contributed by atoms with Crippen LogP contribution in [0.3, 0.4) is 0 Å². The minimum Gasteiger partial charge on any atom is -0.497 e. The molecule has 16 nitrogen and oxygen atoms in total. The van der Waals surface area contributed by atoms with Crippen LogP contribution >= 0.6 is 0 Å². The Hall–Kier alpha value is -6.96. The summed E-state index contributed by atoms with van der Waals surface area (Å²) in [5, 5.41) is 5.52. The first-order valence-corrected chi connectivity index (χ1v) is 22.0. The highest BCUT2D eigenvalue weighted by Crippen LogP contribution is 2.45.